The van der Waals surface area contributed by atoms with Gasteiger partial charge in [0.1, 0.15) is 0 Å². The first kappa shape index (κ1) is 17.4. The number of hydrogen-bond acceptors (Lipinski definition) is 2. The predicted molar refractivity (Wildman–Crippen MR) is 111 cm³/mol. The summed E-state index contributed by atoms with van der Waals surface area (Å²) >= 11 is 8.27. The summed E-state index contributed by atoms with van der Waals surface area (Å²) in [5, 5.41) is 3.30. The van der Waals surface area contributed by atoms with Crippen LogP contribution in [0.25, 0.3) is 10.8 Å². The first-order valence-corrected chi connectivity index (χ1v) is 10.3. The van der Waals surface area contributed by atoms with E-state index in [1.165, 1.54) is 5.56 Å². The number of carbonyl (C=O) groups is 1. The van der Waals surface area contributed by atoms with Crippen LogP contribution in [0.5, 0.6) is 0 Å². The molecule has 1 saturated heterocycles. The summed E-state index contributed by atoms with van der Waals surface area (Å²) in [6.45, 7) is 1.53. The highest BCUT2D eigenvalue weighted by Gasteiger charge is 2.24. The molecular formula is C22H20ClNOS. The smallest absolute Gasteiger partial charge is 0.254 e. The zero-order valence-corrected chi connectivity index (χ0v) is 16.0. The van der Waals surface area contributed by atoms with E-state index in [-0.39, 0.29) is 5.91 Å². The van der Waals surface area contributed by atoms with E-state index in [0.29, 0.717) is 5.25 Å². The van der Waals surface area contributed by atoms with Crippen molar-refractivity contribution in [1.82, 2.24) is 4.90 Å². The fourth-order valence-electron chi connectivity index (χ4n) is 3.54. The van der Waals surface area contributed by atoms with Crippen molar-refractivity contribution in [2.24, 2.45) is 0 Å². The molecular weight excluding hydrogens is 362 g/mol. The summed E-state index contributed by atoms with van der Waals surface area (Å²) in [6, 6.07) is 22.1. The molecule has 3 aromatic carbocycles. The predicted octanol–water partition coefficient (Wildman–Crippen LogP) is 5.81. The van der Waals surface area contributed by atoms with Crippen molar-refractivity contribution in [3.05, 3.63) is 82.9 Å². The number of carbonyl (C=O) groups excluding carboxylic acids is 1. The molecule has 1 heterocycles. The maximum Gasteiger partial charge on any atom is 0.254 e. The summed E-state index contributed by atoms with van der Waals surface area (Å²) in [7, 11) is 0. The van der Waals surface area contributed by atoms with Gasteiger partial charge in [0, 0.05) is 34.7 Å². The average Bonchev–Trinajstić information content (AvgIpc) is 2.93. The second-order valence-corrected chi connectivity index (χ2v) is 8.21. The highest BCUT2D eigenvalue weighted by Crippen LogP contribution is 2.38. The third-order valence-corrected chi connectivity index (χ3v) is 6.56. The molecule has 1 atom stereocenters. The number of benzene rings is 3. The van der Waals surface area contributed by atoms with Crippen molar-refractivity contribution in [3.8, 4) is 0 Å². The molecule has 0 N–H and O–H groups in total. The molecule has 0 aromatic heterocycles. The maximum atomic E-state index is 13.2. The van der Waals surface area contributed by atoms with Crippen molar-refractivity contribution < 1.29 is 4.79 Å². The fraction of sp³-hybridized carbons (Fsp3) is 0.227. The maximum absolute atomic E-state index is 13.2. The Morgan fingerprint density at radius 2 is 1.73 bits per heavy atom. The molecule has 0 spiro atoms. The molecule has 1 fully saturated rings. The SMILES string of the molecule is O=C(c1cccc2ccccc12)N1CCSC(c2ccccc2Cl)CC1. The second-order valence-electron chi connectivity index (χ2n) is 6.49. The minimum atomic E-state index is 0.127. The van der Waals surface area contributed by atoms with Gasteiger partial charge in [0.15, 0.2) is 0 Å². The van der Waals surface area contributed by atoms with Gasteiger partial charge in [0.2, 0.25) is 0 Å². The summed E-state index contributed by atoms with van der Waals surface area (Å²) in [5.41, 5.74) is 1.97. The van der Waals surface area contributed by atoms with Gasteiger partial charge in [-0.3, -0.25) is 4.79 Å². The Morgan fingerprint density at radius 1 is 0.962 bits per heavy atom. The van der Waals surface area contributed by atoms with E-state index >= 15 is 0 Å². The topological polar surface area (TPSA) is 20.3 Å². The van der Waals surface area contributed by atoms with Crippen LogP contribution in [-0.2, 0) is 0 Å². The summed E-state index contributed by atoms with van der Waals surface area (Å²) in [4.78, 5) is 15.2. The third-order valence-electron chi connectivity index (χ3n) is 4.90. The van der Waals surface area contributed by atoms with Crippen LogP contribution < -0.4 is 0 Å². The quantitative estimate of drug-likeness (QED) is 0.558. The third kappa shape index (κ3) is 3.46. The molecule has 0 radical (unpaired) electrons. The van der Waals surface area contributed by atoms with E-state index in [1.54, 1.807) is 0 Å². The molecule has 1 aliphatic rings. The largest absolute Gasteiger partial charge is 0.338 e. The highest BCUT2D eigenvalue weighted by molar-refractivity contribution is 7.99. The summed E-state index contributed by atoms with van der Waals surface area (Å²) < 4.78 is 0. The number of fused-ring (bicyclic) bond motifs is 1. The molecule has 4 heteroatoms. The Balaban J connectivity index is 1.55. The Labute approximate surface area is 163 Å². The van der Waals surface area contributed by atoms with E-state index in [1.807, 2.05) is 65.2 Å². The van der Waals surface area contributed by atoms with Crippen molar-refractivity contribution in [1.29, 1.82) is 0 Å². The number of thioether (sulfide) groups is 1. The minimum Gasteiger partial charge on any atom is -0.338 e. The van der Waals surface area contributed by atoms with Crippen LogP contribution in [0.15, 0.2) is 66.7 Å². The zero-order chi connectivity index (χ0) is 17.9. The first-order chi connectivity index (χ1) is 12.7. The van der Waals surface area contributed by atoms with Crippen molar-refractivity contribution in [3.63, 3.8) is 0 Å². The van der Waals surface area contributed by atoms with E-state index in [2.05, 4.69) is 18.2 Å². The number of amides is 1. The lowest BCUT2D eigenvalue weighted by Crippen LogP contribution is -2.33. The lowest BCUT2D eigenvalue weighted by Gasteiger charge is -2.21. The molecule has 0 saturated carbocycles. The molecule has 1 aliphatic heterocycles. The van der Waals surface area contributed by atoms with Gasteiger partial charge in [0.05, 0.1) is 0 Å². The van der Waals surface area contributed by atoms with E-state index < -0.39 is 0 Å². The molecule has 0 bridgehead atoms. The van der Waals surface area contributed by atoms with Gasteiger partial charge in [-0.1, -0.05) is 66.2 Å². The number of nitrogens with zero attached hydrogens (tertiary/aromatic N) is 1. The Bertz CT molecular complexity index is 937. The van der Waals surface area contributed by atoms with E-state index in [9.17, 15) is 4.79 Å². The first-order valence-electron chi connectivity index (χ1n) is 8.87. The Hall–Kier alpha value is -1.97. The zero-order valence-electron chi connectivity index (χ0n) is 14.4. The lowest BCUT2D eigenvalue weighted by atomic mass is 10.0. The van der Waals surface area contributed by atoms with Gasteiger partial charge in [-0.2, -0.15) is 11.8 Å². The highest BCUT2D eigenvalue weighted by atomic mass is 35.5. The van der Waals surface area contributed by atoms with Crippen molar-refractivity contribution in [2.75, 3.05) is 18.8 Å². The molecule has 3 aromatic rings. The van der Waals surface area contributed by atoms with Crippen LogP contribution in [-0.4, -0.2) is 29.6 Å². The molecule has 26 heavy (non-hydrogen) atoms. The molecule has 132 valence electrons. The van der Waals surface area contributed by atoms with E-state index in [0.717, 1.165) is 46.6 Å². The fourth-order valence-corrected chi connectivity index (χ4v) is 5.14. The molecule has 0 aliphatic carbocycles. The number of rotatable bonds is 2. The number of hydrogen-bond donors (Lipinski definition) is 0. The van der Waals surface area contributed by atoms with Gasteiger partial charge in [0.25, 0.3) is 5.91 Å². The van der Waals surface area contributed by atoms with Gasteiger partial charge in [-0.25, -0.2) is 0 Å². The normalized spacial score (nSPS) is 17.9. The number of halogens is 1. The van der Waals surface area contributed by atoms with Gasteiger partial charge >= 0.3 is 0 Å². The Kier molecular flexibility index (Phi) is 5.18. The van der Waals surface area contributed by atoms with Crippen LogP contribution in [0.1, 0.15) is 27.6 Å². The van der Waals surface area contributed by atoms with E-state index in [4.69, 9.17) is 11.6 Å². The summed E-state index contributed by atoms with van der Waals surface area (Å²) in [6.07, 6.45) is 0.922. The van der Waals surface area contributed by atoms with Crippen LogP contribution in [0.4, 0.5) is 0 Å². The molecule has 2 nitrogen and oxygen atoms in total. The van der Waals surface area contributed by atoms with Crippen LogP contribution >= 0.6 is 23.4 Å². The monoisotopic (exact) mass is 381 g/mol. The Morgan fingerprint density at radius 3 is 2.62 bits per heavy atom. The van der Waals surface area contributed by atoms with Crippen LogP contribution in [0.3, 0.4) is 0 Å². The van der Waals surface area contributed by atoms with Crippen LogP contribution in [0.2, 0.25) is 5.02 Å². The second kappa shape index (κ2) is 7.73. The lowest BCUT2D eigenvalue weighted by molar-refractivity contribution is 0.0768. The van der Waals surface area contributed by atoms with Crippen molar-refractivity contribution >= 4 is 40.0 Å². The standard InChI is InChI=1S/C22H20ClNOS/c23-20-11-4-3-9-19(20)21-12-13-24(14-15-26-21)22(25)18-10-5-7-16-6-1-2-8-17(16)18/h1-11,21H,12-15H2. The minimum absolute atomic E-state index is 0.127. The molecule has 1 amide bonds. The average molecular weight is 382 g/mol. The van der Waals surface area contributed by atoms with Gasteiger partial charge in [-0.05, 0) is 34.9 Å². The molecule has 1 unspecified atom stereocenters. The van der Waals surface area contributed by atoms with Crippen LogP contribution in [0, 0.1) is 0 Å². The molecule has 4 rings (SSSR count). The summed E-state index contributed by atoms with van der Waals surface area (Å²) in [5.74, 6) is 1.05. The van der Waals surface area contributed by atoms with Gasteiger partial charge in [-0.15, -0.1) is 0 Å². The van der Waals surface area contributed by atoms with Gasteiger partial charge < -0.3 is 4.90 Å². The van der Waals surface area contributed by atoms with Crippen molar-refractivity contribution in [2.45, 2.75) is 11.7 Å².